The Bertz CT molecular complexity index is 374. The van der Waals surface area contributed by atoms with Gasteiger partial charge in [-0.15, -0.1) is 0 Å². The molecule has 15 heavy (non-hydrogen) atoms. The molecule has 3 rings (SSSR count). The smallest absolute Gasteiger partial charge is 0.117 e. The van der Waals surface area contributed by atoms with Gasteiger partial charge in [-0.3, -0.25) is 0 Å². The van der Waals surface area contributed by atoms with Gasteiger partial charge in [0.1, 0.15) is 5.75 Å². The van der Waals surface area contributed by atoms with Crippen molar-refractivity contribution in [3.05, 3.63) is 18.2 Å². The summed E-state index contributed by atoms with van der Waals surface area (Å²) in [6, 6.07) is 6.35. The summed E-state index contributed by atoms with van der Waals surface area (Å²) in [6.07, 6.45) is 4.00. The van der Waals surface area contributed by atoms with E-state index in [2.05, 4.69) is 10.2 Å². The first kappa shape index (κ1) is 8.89. The minimum Gasteiger partial charge on any atom is -0.508 e. The van der Waals surface area contributed by atoms with Crippen molar-refractivity contribution in [1.29, 1.82) is 0 Å². The molecule has 1 aromatic carbocycles. The summed E-state index contributed by atoms with van der Waals surface area (Å²) in [4.78, 5) is 2.48. The van der Waals surface area contributed by atoms with E-state index in [1.165, 1.54) is 24.9 Å². The van der Waals surface area contributed by atoms with Gasteiger partial charge in [0.2, 0.25) is 0 Å². The van der Waals surface area contributed by atoms with E-state index in [0.29, 0.717) is 5.75 Å². The van der Waals surface area contributed by atoms with Crippen LogP contribution in [0.1, 0.15) is 19.3 Å². The van der Waals surface area contributed by atoms with Crippen LogP contribution in [0.15, 0.2) is 18.2 Å². The van der Waals surface area contributed by atoms with Crippen LogP contribution in [-0.2, 0) is 0 Å². The monoisotopic (exact) mass is 204 g/mol. The van der Waals surface area contributed by atoms with Crippen LogP contribution in [0.4, 0.5) is 11.4 Å². The molecule has 3 heteroatoms. The van der Waals surface area contributed by atoms with Gasteiger partial charge in [-0.25, -0.2) is 0 Å². The molecule has 0 saturated heterocycles. The van der Waals surface area contributed by atoms with Crippen molar-refractivity contribution in [1.82, 2.24) is 0 Å². The van der Waals surface area contributed by atoms with Crippen LogP contribution in [0.25, 0.3) is 0 Å². The number of hydrogen-bond donors (Lipinski definition) is 2. The molecular weight excluding hydrogens is 188 g/mol. The van der Waals surface area contributed by atoms with E-state index in [4.69, 9.17) is 0 Å². The summed E-state index contributed by atoms with van der Waals surface area (Å²) in [5.74, 6) is 0.344. The number of aromatic hydroxyl groups is 1. The maximum absolute atomic E-state index is 9.43. The van der Waals surface area contributed by atoms with E-state index in [0.717, 1.165) is 24.8 Å². The highest BCUT2D eigenvalue weighted by atomic mass is 16.3. The molecule has 0 bridgehead atoms. The number of rotatable bonds is 1. The molecule has 1 fully saturated rings. The van der Waals surface area contributed by atoms with E-state index in [9.17, 15) is 5.11 Å². The van der Waals surface area contributed by atoms with E-state index in [1.807, 2.05) is 12.1 Å². The number of anilines is 2. The summed E-state index contributed by atoms with van der Waals surface area (Å²) in [5, 5.41) is 12.8. The van der Waals surface area contributed by atoms with Crippen molar-refractivity contribution in [2.24, 2.45) is 0 Å². The molecule has 1 aromatic rings. The quantitative estimate of drug-likeness (QED) is 0.736. The van der Waals surface area contributed by atoms with Gasteiger partial charge in [0, 0.05) is 25.2 Å². The van der Waals surface area contributed by atoms with Crippen molar-refractivity contribution < 1.29 is 5.11 Å². The predicted molar refractivity (Wildman–Crippen MR) is 61.6 cm³/mol. The van der Waals surface area contributed by atoms with Crippen LogP contribution in [0.2, 0.25) is 0 Å². The van der Waals surface area contributed by atoms with Crippen molar-refractivity contribution in [3.63, 3.8) is 0 Å². The lowest BCUT2D eigenvalue weighted by atomic mass is 9.90. The predicted octanol–water partition coefficient (Wildman–Crippen LogP) is 2.18. The Kier molecular flexibility index (Phi) is 1.97. The maximum Gasteiger partial charge on any atom is 0.117 e. The fourth-order valence-electron chi connectivity index (χ4n) is 2.43. The molecule has 1 aliphatic carbocycles. The van der Waals surface area contributed by atoms with Gasteiger partial charge in [-0.05, 0) is 31.4 Å². The first-order valence-corrected chi connectivity index (χ1v) is 5.68. The van der Waals surface area contributed by atoms with Crippen LogP contribution >= 0.6 is 0 Å². The van der Waals surface area contributed by atoms with E-state index < -0.39 is 0 Å². The molecule has 0 atom stereocenters. The SMILES string of the molecule is Oc1ccc2c(c1)NCCN2C1CCC1. The van der Waals surface area contributed by atoms with E-state index in [1.54, 1.807) is 6.07 Å². The van der Waals surface area contributed by atoms with Crippen LogP contribution < -0.4 is 10.2 Å². The largest absolute Gasteiger partial charge is 0.508 e. The third-order valence-electron chi connectivity index (χ3n) is 3.47. The summed E-state index contributed by atoms with van der Waals surface area (Å²) >= 11 is 0. The fraction of sp³-hybridized carbons (Fsp3) is 0.500. The highest BCUT2D eigenvalue weighted by Gasteiger charge is 2.28. The number of nitrogens with zero attached hydrogens (tertiary/aromatic N) is 1. The Labute approximate surface area is 89.7 Å². The average Bonchev–Trinajstić information content (AvgIpc) is 2.15. The molecule has 0 aromatic heterocycles. The van der Waals surface area contributed by atoms with Gasteiger partial charge in [0.15, 0.2) is 0 Å². The van der Waals surface area contributed by atoms with Gasteiger partial charge in [0.25, 0.3) is 0 Å². The van der Waals surface area contributed by atoms with Gasteiger partial charge < -0.3 is 15.3 Å². The standard InChI is InChI=1S/C12H16N2O/c15-10-4-5-12-11(8-10)13-6-7-14(12)9-2-1-3-9/h4-5,8-9,13,15H,1-3,6-7H2. The lowest BCUT2D eigenvalue weighted by Crippen LogP contribution is -2.45. The molecule has 1 saturated carbocycles. The van der Waals surface area contributed by atoms with Crippen molar-refractivity contribution in [2.75, 3.05) is 23.3 Å². The number of phenols is 1. The molecule has 80 valence electrons. The Balaban J connectivity index is 1.95. The Morgan fingerprint density at radius 2 is 2.20 bits per heavy atom. The van der Waals surface area contributed by atoms with Crippen LogP contribution in [0.5, 0.6) is 5.75 Å². The Hall–Kier alpha value is -1.38. The third kappa shape index (κ3) is 1.42. The normalized spacial score (nSPS) is 20.4. The van der Waals surface area contributed by atoms with Crippen LogP contribution in [-0.4, -0.2) is 24.2 Å². The molecule has 3 nitrogen and oxygen atoms in total. The van der Waals surface area contributed by atoms with Gasteiger partial charge in [-0.1, -0.05) is 0 Å². The highest BCUT2D eigenvalue weighted by Crippen LogP contribution is 2.37. The van der Waals surface area contributed by atoms with E-state index in [-0.39, 0.29) is 0 Å². The van der Waals surface area contributed by atoms with Gasteiger partial charge >= 0.3 is 0 Å². The molecular formula is C12H16N2O. The van der Waals surface area contributed by atoms with Crippen molar-refractivity contribution >= 4 is 11.4 Å². The molecule has 0 unspecified atom stereocenters. The number of benzene rings is 1. The number of fused-ring (bicyclic) bond motifs is 1. The van der Waals surface area contributed by atoms with Crippen LogP contribution in [0, 0.1) is 0 Å². The molecule has 2 N–H and O–H groups in total. The first-order chi connectivity index (χ1) is 7.34. The van der Waals surface area contributed by atoms with Gasteiger partial charge in [-0.2, -0.15) is 0 Å². The third-order valence-corrected chi connectivity index (χ3v) is 3.47. The minimum atomic E-state index is 0.344. The second kappa shape index (κ2) is 3.33. The highest BCUT2D eigenvalue weighted by molar-refractivity contribution is 5.74. The molecule has 2 aliphatic rings. The number of phenolic OH excluding ortho intramolecular Hbond substituents is 1. The average molecular weight is 204 g/mol. The fourth-order valence-corrected chi connectivity index (χ4v) is 2.43. The lowest BCUT2D eigenvalue weighted by Gasteiger charge is -2.42. The second-order valence-corrected chi connectivity index (χ2v) is 4.41. The number of nitrogens with one attached hydrogen (secondary N) is 1. The summed E-state index contributed by atoms with van der Waals surface area (Å²) in [5.41, 5.74) is 2.33. The molecule has 1 heterocycles. The zero-order chi connectivity index (χ0) is 10.3. The zero-order valence-corrected chi connectivity index (χ0v) is 8.74. The van der Waals surface area contributed by atoms with E-state index >= 15 is 0 Å². The molecule has 0 radical (unpaired) electrons. The van der Waals surface area contributed by atoms with Gasteiger partial charge in [0.05, 0.1) is 11.4 Å². The topological polar surface area (TPSA) is 35.5 Å². The first-order valence-electron chi connectivity index (χ1n) is 5.68. The zero-order valence-electron chi connectivity index (χ0n) is 8.74. The lowest BCUT2D eigenvalue weighted by molar-refractivity contribution is 0.387. The molecule has 0 amide bonds. The van der Waals surface area contributed by atoms with Crippen molar-refractivity contribution in [2.45, 2.75) is 25.3 Å². The van der Waals surface area contributed by atoms with Crippen LogP contribution in [0.3, 0.4) is 0 Å². The Morgan fingerprint density at radius 1 is 1.33 bits per heavy atom. The summed E-state index contributed by atoms with van der Waals surface area (Å²) < 4.78 is 0. The Morgan fingerprint density at radius 3 is 2.93 bits per heavy atom. The number of hydrogen-bond acceptors (Lipinski definition) is 3. The summed E-state index contributed by atoms with van der Waals surface area (Å²) in [7, 11) is 0. The molecule has 1 aliphatic heterocycles. The van der Waals surface area contributed by atoms with Crippen molar-refractivity contribution in [3.8, 4) is 5.75 Å². The molecule has 0 spiro atoms. The summed E-state index contributed by atoms with van der Waals surface area (Å²) in [6.45, 7) is 2.06. The maximum atomic E-state index is 9.43. The minimum absolute atomic E-state index is 0.344. The second-order valence-electron chi connectivity index (χ2n) is 4.41.